The van der Waals surface area contributed by atoms with E-state index < -0.39 is 5.91 Å². The molecule has 0 radical (unpaired) electrons. The lowest BCUT2D eigenvalue weighted by Crippen LogP contribution is -2.25. The molecule has 0 aromatic heterocycles. The van der Waals surface area contributed by atoms with Gasteiger partial charge in [-0.1, -0.05) is 53.5 Å². The first-order chi connectivity index (χ1) is 12.1. The smallest absolute Gasteiger partial charge is 0.263 e. The van der Waals surface area contributed by atoms with Crippen molar-refractivity contribution in [1.29, 1.82) is 5.26 Å². The van der Waals surface area contributed by atoms with Crippen molar-refractivity contribution in [3.8, 4) is 6.07 Å². The Hall–Kier alpha value is -2.48. The number of hydrogen-bond donors (Lipinski definition) is 2. The number of carbonyl (C=O) groups excluding carboxylic acids is 1. The number of nitrogens with zero attached hydrogens (tertiary/aromatic N) is 1. The molecule has 6 heteroatoms. The van der Waals surface area contributed by atoms with Gasteiger partial charge in [0.1, 0.15) is 11.6 Å². The summed E-state index contributed by atoms with van der Waals surface area (Å²) in [7, 11) is 0. The molecule has 0 unspecified atom stereocenters. The molecule has 2 N–H and O–H groups in total. The van der Waals surface area contributed by atoms with Gasteiger partial charge in [0.25, 0.3) is 5.91 Å². The summed E-state index contributed by atoms with van der Waals surface area (Å²) >= 11 is 12.0. The maximum Gasteiger partial charge on any atom is 0.263 e. The van der Waals surface area contributed by atoms with Crippen LogP contribution in [0.5, 0.6) is 0 Å². The van der Waals surface area contributed by atoms with Crippen LogP contribution < -0.4 is 10.6 Å². The summed E-state index contributed by atoms with van der Waals surface area (Å²) in [6.07, 6.45) is 2.16. The van der Waals surface area contributed by atoms with Gasteiger partial charge in [-0.2, -0.15) is 5.26 Å². The molecule has 128 valence electrons. The number of amides is 1. The zero-order valence-corrected chi connectivity index (χ0v) is 14.9. The van der Waals surface area contributed by atoms with Crippen LogP contribution in [0.3, 0.4) is 0 Å². The summed E-state index contributed by atoms with van der Waals surface area (Å²) in [5.74, 6) is -0.447. The van der Waals surface area contributed by atoms with Crippen LogP contribution in [0.15, 0.2) is 60.3 Å². The average molecular weight is 374 g/mol. The van der Waals surface area contributed by atoms with Crippen molar-refractivity contribution in [3.63, 3.8) is 0 Å². The lowest BCUT2D eigenvalue weighted by atomic mass is 10.1. The summed E-state index contributed by atoms with van der Waals surface area (Å²) in [6.45, 7) is 0.851. The van der Waals surface area contributed by atoms with Crippen LogP contribution in [-0.4, -0.2) is 12.5 Å². The van der Waals surface area contributed by atoms with Gasteiger partial charge in [0.05, 0.1) is 0 Å². The van der Waals surface area contributed by atoms with Crippen LogP contribution in [0.25, 0.3) is 0 Å². The zero-order chi connectivity index (χ0) is 18.1. The highest BCUT2D eigenvalue weighted by atomic mass is 35.5. The van der Waals surface area contributed by atoms with Gasteiger partial charge in [-0.15, -0.1) is 0 Å². The monoisotopic (exact) mass is 373 g/mol. The maximum atomic E-state index is 12.1. The Balaban J connectivity index is 1.83. The number of rotatable bonds is 7. The van der Waals surface area contributed by atoms with Crippen LogP contribution in [0.1, 0.15) is 11.1 Å². The highest BCUT2D eigenvalue weighted by Gasteiger charge is 2.09. The second-order valence-corrected chi connectivity index (χ2v) is 6.12. The van der Waals surface area contributed by atoms with E-state index in [1.807, 2.05) is 48.5 Å². The lowest BCUT2D eigenvalue weighted by Gasteiger charge is -2.07. The third-order valence-corrected chi connectivity index (χ3v) is 4.06. The predicted molar refractivity (Wildman–Crippen MR) is 100 cm³/mol. The van der Waals surface area contributed by atoms with E-state index in [-0.39, 0.29) is 12.1 Å². The Kier molecular flexibility index (Phi) is 7.34. The molecule has 0 fully saturated rings. The summed E-state index contributed by atoms with van der Waals surface area (Å²) in [6, 6.07) is 16.7. The number of benzene rings is 2. The van der Waals surface area contributed by atoms with Crippen molar-refractivity contribution in [2.45, 2.75) is 13.0 Å². The van der Waals surface area contributed by atoms with Gasteiger partial charge in [-0.05, 0) is 35.7 Å². The molecule has 0 aliphatic rings. The van der Waals surface area contributed by atoms with Crippen LogP contribution in [0.4, 0.5) is 0 Å². The second kappa shape index (κ2) is 9.73. The van der Waals surface area contributed by atoms with E-state index in [9.17, 15) is 4.79 Å². The van der Waals surface area contributed by atoms with Crippen molar-refractivity contribution in [2.24, 2.45) is 0 Å². The minimum Gasteiger partial charge on any atom is -0.389 e. The predicted octanol–water partition coefficient (Wildman–Crippen LogP) is 3.85. The molecule has 0 bridgehead atoms. The van der Waals surface area contributed by atoms with E-state index in [4.69, 9.17) is 28.5 Å². The molecule has 0 aliphatic heterocycles. The minimum atomic E-state index is -0.447. The number of hydrogen-bond acceptors (Lipinski definition) is 3. The molecule has 0 aliphatic carbocycles. The number of halogens is 2. The normalized spacial score (nSPS) is 10.8. The first-order valence-electron chi connectivity index (χ1n) is 7.70. The summed E-state index contributed by atoms with van der Waals surface area (Å²) in [5.41, 5.74) is 1.89. The molecule has 1 amide bonds. The van der Waals surface area contributed by atoms with Crippen LogP contribution in [-0.2, 0) is 17.8 Å². The Morgan fingerprint density at radius 3 is 2.68 bits per heavy atom. The van der Waals surface area contributed by atoms with Gasteiger partial charge >= 0.3 is 0 Å². The first kappa shape index (κ1) is 18.9. The first-order valence-corrected chi connectivity index (χ1v) is 8.45. The van der Waals surface area contributed by atoms with Crippen molar-refractivity contribution in [3.05, 3.63) is 81.5 Å². The highest BCUT2D eigenvalue weighted by Crippen LogP contribution is 2.14. The summed E-state index contributed by atoms with van der Waals surface area (Å²) in [4.78, 5) is 12.1. The molecule has 0 saturated carbocycles. The molecule has 2 aromatic rings. The van der Waals surface area contributed by atoms with E-state index in [1.165, 1.54) is 6.20 Å². The Morgan fingerprint density at radius 1 is 1.16 bits per heavy atom. The molecule has 0 spiro atoms. The molecular weight excluding hydrogens is 357 g/mol. The highest BCUT2D eigenvalue weighted by molar-refractivity contribution is 6.31. The van der Waals surface area contributed by atoms with Crippen LogP contribution >= 0.6 is 23.2 Å². The molecular formula is C19H17Cl2N3O. The third-order valence-electron chi connectivity index (χ3n) is 3.46. The fourth-order valence-corrected chi connectivity index (χ4v) is 2.56. The van der Waals surface area contributed by atoms with Gasteiger partial charge in [0.15, 0.2) is 0 Å². The Morgan fingerprint density at radius 2 is 1.96 bits per heavy atom. The van der Waals surface area contributed by atoms with E-state index in [0.717, 1.165) is 17.5 Å². The zero-order valence-electron chi connectivity index (χ0n) is 13.4. The van der Waals surface area contributed by atoms with Gasteiger partial charge in [0.2, 0.25) is 0 Å². The van der Waals surface area contributed by atoms with Gasteiger partial charge < -0.3 is 10.6 Å². The largest absolute Gasteiger partial charge is 0.389 e. The fraction of sp³-hybridized carbons (Fsp3) is 0.158. The average Bonchev–Trinajstić information content (AvgIpc) is 2.61. The third kappa shape index (κ3) is 6.15. The molecule has 4 nitrogen and oxygen atoms in total. The van der Waals surface area contributed by atoms with Gasteiger partial charge in [-0.25, -0.2) is 0 Å². The maximum absolute atomic E-state index is 12.1. The number of nitrogens with one attached hydrogen (secondary N) is 2. The SMILES string of the molecule is N#C/C(=C/NCCc1cccc(Cl)c1)C(=O)NCc1ccccc1Cl. The number of carbonyl (C=O) groups is 1. The van der Waals surface area contributed by atoms with E-state index >= 15 is 0 Å². The summed E-state index contributed by atoms with van der Waals surface area (Å²) < 4.78 is 0. The molecule has 25 heavy (non-hydrogen) atoms. The Labute approximate surface area is 157 Å². The molecule has 2 aromatic carbocycles. The lowest BCUT2D eigenvalue weighted by molar-refractivity contribution is -0.117. The topological polar surface area (TPSA) is 64.9 Å². The van der Waals surface area contributed by atoms with Crippen molar-refractivity contribution in [2.75, 3.05) is 6.54 Å². The van der Waals surface area contributed by atoms with E-state index in [1.54, 1.807) is 6.07 Å². The quantitative estimate of drug-likeness (QED) is 0.440. The van der Waals surface area contributed by atoms with E-state index in [2.05, 4.69) is 10.6 Å². The molecule has 0 saturated heterocycles. The minimum absolute atomic E-state index is 0.0122. The molecule has 2 rings (SSSR count). The standard InChI is InChI=1S/C19H17Cl2N3O/c20-17-6-3-4-14(10-17)8-9-23-12-16(11-22)19(25)24-13-15-5-1-2-7-18(15)21/h1-7,10,12,23H,8-9,13H2,(H,24,25)/b16-12-. The molecule has 0 atom stereocenters. The molecule has 0 heterocycles. The van der Waals surface area contributed by atoms with Crippen molar-refractivity contribution >= 4 is 29.1 Å². The van der Waals surface area contributed by atoms with Gasteiger partial charge in [-0.3, -0.25) is 4.79 Å². The number of nitriles is 1. The van der Waals surface area contributed by atoms with Gasteiger partial charge in [0, 0.05) is 29.3 Å². The summed E-state index contributed by atoms with van der Waals surface area (Å²) in [5, 5.41) is 16.1. The van der Waals surface area contributed by atoms with Crippen LogP contribution in [0.2, 0.25) is 10.0 Å². The van der Waals surface area contributed by atoms with Crippen LogP contribution in [0, 0.1) is 11.3 Å². The van der Waals surface area contributed by atoms with Crippen molar-refractivity contribution < 1.29 is 4.79 Å². The fourth-order valence-electron chi connectivity index (χ4n) is 2.14. The Bertz CT molecular complexity index is 812. The van der Waals surface area contributed by atoms with E-state index in [0.29, 0.717) is 16.6 Å². The second-order valence-electron chi connectivity index (χ2n) is 5.28. The van der Waals surface area contributed by atoms with Crippen molar-refractivity contribution in [1.82, 2.24) is 10.6 Å².